The summed E-state index contributed by atoms with van der Waals surface area (Å²) in [5.74, 6) is -1.16. The second-order valence-electron chi connectivity index (χ2n) is 8.61. The van der Waals surface area contributed by atoms with E-state index in [1.165, 1.54) is 17.7 Å². The number of benzene rings is 1. The molecule has 2 aromatic heterocycles. The maximum atomic E-state index is 13.7. The van der Waals surface area contributed by atoms with Crippen molar-refractivity contribution in [3.8, 4) is 5.69 Å². The SMILES string of the molecule is Fc1cc(F)cc(-n2ncc3c2CCC[C@@H]3NC2CCN(Cc3cccnc3)CC2)c1. The minimum absolute atomic E-state index is 0.241. The number of likely N-dealkylation sites (tertiary alicyclic amines) is 1. The van der Waals surface area contributed by atoms with Gasteiger partial charge in [-0.1, -0.05) is 6.07 Å². The Balaban J connectivity index is 1.24. The van der Waals surface area contributed by atoms with Gasteiger partial charge in [0, 0.05) is 48.3 Å². The predicted molar refractivity (Wildman–Crippen MR) is 115 cm³/mol. The highest BCUT2D eigenvalue weighted by Crippen LogP contribution is 2.32. The van der Waals surface area contributed by atoms with Crippen molar-refractivity contribution in [3.63, 3.8) is 0 Å². The summed E-state index contributed by atoms with van der Waals surface area (Å²) < 4.78 is 29.1. The third-order valence-electron chi connectivity index (χ3n) is 6.43. The highest BCUT2D eigenvalue weighted by molar-refractivity contribution is 5.38. The molecule has 162 valence electrons. The third-order valence-corrected chi connectivity index (χ3v) is 6.43. The topological polar surface area (TPSA) is 46.0 Å². The second kappa shape index (κ2) is 8.85. The van der Waals surface area contributed by atoms with Gasteiger partial charge in [-0.25, -0.2) is 13.5 Å². The standard InChI is InChI=1S/C24H27F2N5/c25-18-11-19(26)13-21(12-18)31-24-5-1-4-23(22(24)15-28-31)29-20-6-9-30(10-7-20)16-17-3-2-8-27-14-17/h2-3,8,11-15,20,23,29H,1,4-7,9-10,16H2/t23-/m0/s1. The first-order valence-corrected chi connectivity index (χ1v) is 11.1. The molecule has 7 heteroatoms. The average molecular weight is 424 g/mol. The Kier molecular flexibility index (Phi) is 5.78. The first-order chi connectivity index (χ1) is 15.2. The van der Waals surface area contributed by atoms with Crippen LogP contribution in [0.1, 0.15) is 48.5 Å². The molecular formula is C24H27F2N5. The quantitative estimate of drug-likeness (QED) is 0.669. The fraction of sp³-hybridized carbons (Fsp3) is 0.417. The lowest BCUT2D eigenvalue weighted by atomic mass is 9.91. The van der Waals surface area contributed by atoms with Crippen molar-refractivity contribution in [1.29, 1.82) is 0 Å². The number of rotatable bonds is 5. The molecular weight excluding hydrogens is 396 g/mol. The van der Waals surface area contributed by atoms with Gasteiger partial charge in [-0.15, -0.1) is 0 Å². The van der Waals surface area contributed by atoms with Crippen LogP contribution in [0.15, 0.2) is 48.9 Å². The van der Waals surface area contributed by atoms with E-state index in [0.29, 0.717) is 11.7 Å². The van der Waals surface area contributed by atoms with Crippen molar-refractivity contribution >= 4 is 0 Å². The lowest BCUT2D eigenvalue weighted by molar-refractivity contribution is 0.181. The summed E-state index contributed by atoms with van der Waals surface area (Å²) in [5.41, 5.74) is 3.92. The van der Waals surface area contributed by atoms with Crippen LogP contribution in [0.25, 0.3) is 5.69 Å². The van der Waals surface area contributed by atoms with E-state index in [4.69, 9.17) is 0 Å². The third kappa shape index (κ3) is 4.52. The summed E-state index contributed by atoms with van der Waals surface area (Å²) >= 11 is 0. The number of nitrogens with zero attached hydrogens (tertiary/aromatic N) is 4. The van der Waals surface area contributed by atoms with Crippen LogP contribution in [0, 0.1) is 11.6 Å². The zero-order chi connectivity index (χ0) is 21.2. The number of halogens is 2. The fourth-order valence-corrected chi connectivity index (χ4v) is 4.91. The minimum Gasteiger partial charge on any atom is -0.307 e. The van der Waals surface area contributed by atoms with Crippen molar-refractivity contribution in [2.45, 2.75) is 50.7 Å². The molecule has 1 aromatic carbocycles. The van der Waals surface area contributed by atoms with Crippen LogP contribution in [-0.4, -0.2) is 38.8 Å². The molecule has 1 atom stereocenters. The van der Waals surface area contributed by atoms with Gasteiger partial charge in [0.2, 0.25) is 0 Å². The summed E-state index contributed by atoms with van der Waals surface area (Å²) in [6.07, 6.45) is 10.8. The van der Waals surface area contributed by atoms with Gasteiger partial charge in [-0.3, -0.25) is 9.88 Å². The molecule has 0 amide bonds. The van der Waals surface area contributed by atoms with E-state index in [-0.39, 0.29) is 6.04 Å². The number of pyridine rings is 1. The van der Waals surface area contributed by atoms with Crippen LogP contribution in [0.3, 0.4) is 0 Å². The van der Waals surface area contributed by atoms with Gasteiger partial charge in [0.25, 0.3) is 0 Å². The summed E-state index contributed by atoms with van der Waals surface area (Å²) in [7, 11) is 0. The molecule has 2 aliphatic rings. The number of hydrogen-bond donors (Lipinski definition) is 1. The van der Waals surface area contributed by atoms with E-state index in [2.05, 4.69) is 26.4 Å². The molecule has 5 rings (SSSR count). The molecule has 31 heavy (non-hydrogen) atoms. The normalized spacial score (nSPS) is 20.0. The highest BCUT2D eigenvalue weighted by atomic mass is 19.1. The van der Waals surface area contributed by atoms with E-state index < -0.39 is 11.6 Å². The van der Waals surface area contributed by atoms with Gasteiger partial charge in [0.1, 0.15) is 11.6 Å². The van der Waals surface area contributed by atoms with E-state index in [9.17, 15) is 8.78 Å². The van der Waals surface area contributed by atoms with E-state index in [1.807, 2.05) is 24.7 Å². The zero-order valence-corrected chi connectivity index (χ0v) is 17.5. The highest BCUT2D eigenvalue weighted by Gasteiger charge is 2.28. The molecule has 1 aliphatic heterocycles. The van der Waals surface area contributed by atoms with Crippen molar-refractivity contribution in [3.05, 3.63) is 77.4 Å². The molecule has 3 heterocycles. The van der Waals surface area contributed by atoms with Crippen LogP contribution in [0.4, 0.5) is 8.78 Å². The maximum absolute atomic E-state index is 13.7. The minimum atomic E-state index is -0.581. The Bertz CT molecular complexity index is 1010. The summed E-state index contributed by atoms with van der Waals surface area (Å²) in [5, 5.41) is 8.33. The van der Waals surface area contributed by atoms with Crippen molar-refractivity contribution in [2.24, 2.45) is 0 Å². The smallest absolute Gasteiger partial charge is 0.128 e. The van der Waals surface area contributed by atoms with E-state index in [0.717, 1.165) is 69.1 Å². The Morgan fingerprint density at radius 3 is 2.58 bits per heavy atom. The Morgan fingerprint density at radius 1 is 1.03 bits per heavy atom. The van der Waals surface area contributed by atoms with E-state index in [1.54, 1.807) is 4.68 Å². The van der Waals surface area contributed by atoms with Crippen LogP contribution in [0.2, 0.25) is 0 Å². The molecule has 0 unspecified atom stereocenters. The van der Waals surface area contributed by atoms with Crippen LogP contribution >= 0.6 is 0 Å². The molecule has 5 nitrogen and oxygen atoms in total. The van der Waals surface area contributed by atoms with Gasteiger partial charge in [0.15, 0.2) is 0 Å². The van der Waals surface area contributed by atoms with Crippen LogP contribution in [0.5, 0.6) is 0 Å². The first kappa shape index (κ1) is 20.3. The largest absolute Gasteiger partial charge is 0.307 e. The fourth-order valence-electron chi connectivity index (χ4n) is 4.91. The van der Waals surface area contributed by atoms with Gasteiger partial charge in [-0.2, -0.15) is 5.10 Å². The maximum Gasteiger partial charge on any atom is 0.128 e. The number of piperidine rings is 1. The zero-order valence-electron chi connectivity index (χ0n) is 17.5. The molecule has 0 spiro atoms. The first-order valence-electron chi connectivity index (χ1n) is 11.1. The summed E-state index contributed by atoms with van der Waals surface area (Å²) in [6.45, 7) is 3.08. The molecule has 3 aromatic rings. The number of fused-ring (bicyclic) bond motifs is 1. The van der Waals surface area contributed by atoms with Crippen molar-refractivity contribution in [1.82, 2.24) is 25.0 Å². The lowest BCUT2D eigenvalue weighted by Gasteiger charge is -2.35. The Labute approximate surface area is 181 Å². The molecule has 1 fully saturated rings. The van der Waals surface area contributed by atoms with Gasteiger partial charge < -0.3 is 5.32 Å². The predicted octanol–water partition coefficient (Wildman–Crippen LogP) is 4.18. The Hall–Kier alpha value is -2.64. The number of nitrogens with one attached hydrogen (secondary N) is 1. The average Bonchev–Trinajstić information content (AvgIpc) is 3.21. The molecule has 1 saturated heterocycles. The van der Waals surface area contributed by atoms with Crippen molar-refractivity contribution in [2.75, 3.05) is 13.1 Å². The Morgan fingerprint density at radius 2 is 1.84 bits per heavy atom. The van der Waals surface area contributed by atoms with Crippen molar-refractivity contribution < 1.29 is 8.78 Å². The van der Waals surface area contributed by atoms with Crippen LogP contribution in [-0.2, 0) is 13.0 Å². The number of aromatic nitrogens is 3. The molecule has 1 N–H and O–H groups in total. The van der Waals surface area contributed by atoms with Gasteiger partial charge in [0.05, 0.1) is 11.9 Å². The number of hydrogen-bond acceptors (Lipinski definition) is 4. The summed E-state index contributed by atoms with van der Waals surface area (Å²) in [4.78, 5) is 6.69. The molecule has 0 radical (unpaired) electrons. The monoisotopic (exact) mass is 423 g/mol. The molecule has 1 aliphatic carbocycles. The molecule has 0 bridgehead atoms. The molecule has 0 saturated carbocycles. The van der Waals surface area contributed by atoms with Crippen LogP contribution < -0.4 is 5.32 Å². The van der Waals surface area contributed by atoms with Gasteiger partial charge in [-0.05, 0) is 69.0 Å². The van der Waals surface area contributed by atoms with Gasteiger partial charge >= 0.3 is 0 Å². The summed E-state index contributed by atoms with van der Waals surface area (Å²) in [6, 6.07) is 8.40. The second-order valence-corrected chi connectivity index (χ2v) is 8.61. The lowest BCUT2D eigenvalue weighted by Crippen LogP contribution is -2.43. The van der Waals surface area contributed by atoms with E-state index >= 15 is 0 Å².